The lowest BCUT2D eigenvalue weighted by molar-refractivity contribution is -0.141. The van der Waals surface area contributed by atoms with Crippen molar-refractivity contribution in [2.75, 3.05) is 5.32 Å². The molecule has 1 saturated carbocycles. The maximum Gasteiger partial charge on any atom is 0.435 e. The van der Waals surface area contributed by atoms with Crippen LogP contribution in [-0.2, 0) is 17.5 Å². The van der Waals surface area contributed by atoms with Gasteiger partial charge in [0.15, 0.2) is 5.69 Å². The van der Waals surface area contributed by atoms with Crippen LogP contribution in [0.2, 0.25) is 0 Å². The van der Waals surface area contributed by atoms with Crippen molar-refractivity contribution < 1.29 is 18.0 Å². The third-order valence-electron chi connectivity index (χ3n) is 3.61. The summed E-state index contributed by atoms with van der Waals surface area (Å²) in [6, 6.07) is 4.38. The Morgan fingerprint density at radius 3 is 2.61 bits per heavy atom. The number of pyridine rings is 1. The molecule has 122 valence electrons. The number of hydrogen-bond acceptors (Lipinski definition) is 3. The number of amides is 1. The van der Waals surface area contributed by atoms with Crippen LogP contribution in [0.4, 0.5) is 18.9 Å². The summed E-state index contributed by atoms with van der Waals surface area (Å²) in [5, 5.41) is 6.29. The second kappa shape index (κ2) is 6.02. The first-order valence-corrected chi connectivity index (χ1v) is 7.28. The van der Waals surface area contributed by atoms with E-state index in [9.17, 15) is 18.0 Å². The van der Waals surface area contributed by atoms with E-state index in [0.29, 0.717) is 11.4 Å². The predicted octanol–water partition coefficient (Wildman–Crippen LogP) is 3.20. The first-order chi connectivity index (χ1) is 10.9. The summed E-state index contributed by atoms with van der Waals surface area (Å²) >= 11 is 0. The highest BCUT2D eigenvalue weighted by molar-refractivity contribution is 5.90. The summed E-state index contributed by atoms with van der Waals surface area (Å²) in [5.41, 5.74) is 0.270. The molecule has 0 bridgehead atoms. The average Bonchev–Trinajstić information content (AvgIpc) is 3.24. The summed E-state index contributed by atoms with van der Waals surface area (Å²) < 4.78 is 39.7. The Bertz CT molecular complexity index is 692. The molecule has 0 aromatic carbocycles. The summed E-state index contributed by atoms with van der Waals surface area (Å²) in [6.45, 7) is 0.124. The van der Waals surface area contributed by atoms with Crippen LogP contribution in [-0.4, -0.2) is 20.7 Å². The fourth-order valence-corrected chi connectivity index (χ4v) is 2.32. The van der Waals surface area contributed by atoms with Gasteiger partial charge in [-0.1, -0.05) is 0 Å². The molecule has 0 radical (unpaired) electrons. The van der Waals surface area contributed by atoms with Crippen molar-refractivity contribution in [3.63, 3.8) is 0 Å². The molecule has 1 fully saturated rings. The number of nitrogens with one attached hydrogen (secondary N) is 1. The number of carbonyl (C=O) groups is 1. The first-order valence-electron chi connectivity index (χ1n) is 7.28. The highest BCUT2D eigenvalue weighted by Gasteiger charge is 2.37. The van der Waals surface area contributed by atoms with Crippen LogP contribution in [0.3, 0.4) is 0 Å². The molecule has 0 aliphatic heterocycles. The van der Waals surface area contributed by atoms with Crippen LogP contribution in [0.15, 0.2) is 30.6 Å². The highest BCUT2D eigenvalue weighted by atomic mass is 19.4. The van der Waals surface area contributed by atoms with Crippen LogP contribution in [0.5, 0.6) is 0 Å². The zero-order valence-corrected chi connectivity index (χ0v) is 12.2. The smallest absolute Gasteiger partial charge is 0.326 e. The van der Waals surface area contributed by atoms with Gasteiger partial charge in [-0.25, -0.2) is 0 Å². The molecule has 1 N–H and O–H groups in total. The molecule has 0 spiro atoms. The lowest BCUT2D eigenvalue weighted by atomic mass is 10.2. The molecular formula is C15H15F3N4O. The topological polar surface area (TPSA) is 59.8 Å². The Hall–Kier alpha value is -2.38. The number of aromatic nitrogens is 3. The van der Waals surface area contributed by atoms with E-state index >= 15 is 0 Å². The van der Waals surface area contributed by atoms with Gasteiger partial charge in [0.2, 0.25) is 5.91 Å². The first kappa shape index (κ1) is 15.5. The van der Waals surface area contributed by atoms with Crippen molar-refractivity contribution in [1.82, 2.24) is 14.8 Å². The van der Waals surface area contributed by atoms with E-state index in [1.165, 1.54) is 4.68 Å². The standard InChI is InChI=1S/C15H15F3N4O/c16-15(17,18)13-9-12(10-1-2-10)22(21-13)8-5-14(23)20-11-3-6-19-7-4-11/h3-4,6-7,9-10H,1-2,5,8H2,(H,19,20,23). The molecule has 2 aromatic rings. The van der Waals surface area contributed by atoms with Crippen molar-refractivity contribution in [1.29, 1.82) is 0 Å². The molecule has 2 aromatic heterocycles. The lowest BCUT2D eigenvalue weighted by Gasteiger charge is -2.07. The van der Waals surface area contributed by atoms with E-state index in [0.717, 1.165) is 18.9 Å². The van der Waals surface area contributed by atoms with Crippen molar-refractivity contribution in [3.05, 3.63) is 42.0 Å². The molecule has 2 heterocycles. The van der Waals surface area contributed by atoms with Crippen LogP contribution in [0.25, 0.3) is 0 Å². The summed E-state index contributed by atoms with van der Waals surface area (Å²) in [5.74, 6) is -0.149. The number of hydrogen-bond donors (Lipinski definition) is 1. The van der Waals surface area contributed by atoms with Crippen molar-refractivity contribution in [3.8, 4) is 0 Å². The molecule has 1 aliphatic carbocycles. The van der Waals surface area contributed by atoms with E-state index in [-0.39, 0.29) is 24.8 Å². The zero-order chi connectivity index (χ0) is 16.4. The number of aryl methyl sites for hydroxylation is 1. The van der Waals surface area contributed by atoms with E-state index < -0.39 is 11.9 Å². The molecule has 23 heavy (non-hydrogen) atoms. The predicted molar refractivity (Wildman–Crippen MR) is 76.7 cm³/mol. The number of rotatable bonds is 5. The fourth-order valence-electron chi connectivity index (χ4n) is 2.32. The minimum atomic E-state index is -4.46. The zero-order valence-electron chi connectivity index (χ0n) is 12.2. The van der Waals surface area contributed by atoms with Crippen molar-refractivity contribution in [2.24, 2.45) is 0 Å². The Balaban J connectivity index is 1.65. The van der Waals surface area contributed by atoms with Gasteiger partial charge < -0.3 is 5.32 Å². The maximum atomic E-state index is 12.8. The number of anilines is 1. The summed E-state index contributed by atoms with van der Waals surface area (Å²) in [7, 11) is 0. The monoisotopic (exact) mass is 324 g/mol. The molecule has 3 rings (SSSR count). The number of halogens is 3. The Labute approximate surface area is 130 Å². The largest absolute Gasteiger partial charge is 0.435 e. The average molecular weight is 324 g/mol. The van der Waals surface area contributed by atoms with E-state index in [1.54, 1.807) is 24.5 Å². The second-order valence-corrected chi connectivity index (χ2v) is 5.48. The van der Waals surface area contributed by atoms with Gasteiger partial charge in [0.05, 0.1) is 0 Å². The third kappa shape index (κ3) is 3.88. The molecule has 0 unspecified atom stereocenters. The van der Waals surface area contributed by atoms with Gasteiger partial charge in [0.1, 0.15) is 0 Å². The van der Waals surface area contributed by atoms with Gasteiger partial charge in [-0.3, -0.25) is 14.5 Å². The Morgan fingerprint density at radius 1 is 1.30 bits per heavy atom. The molecule has 0 saturated heterocycles. The van der Waals surface area contributed by atoms with Crippen LogP contribution >= 0.6 is 0 Å². The normalized spacial score (nSPS) is 14.7. The SMILES string of the molecule is O=C(CCn1nc(C(F)(F)F)cc1C1CC1)Nc1ccncc1. The molecule has 8 heteroatoms. The highest BCUT2D eigenvalue weighted by Crippen LogP contribution is 2.42. The number of nitrogens with zero attached hydrogens (tertiary/aromatic N) is 3. The van der Waals surface area contributed by atoms with Crippen molar-refractivity contribution >= 4 is 11.6 Å². The lowest BCUT2D eigenvalue weighted by Crippen LogP contribution is -2.16. The Morgan fingerprint density at radius 2 is 2.00 bits per heavy atom. The number of carbonyl (C=O) groups excluding carboxylic acids is 1. The van der Waals surface area contributed by atoms with Gasteiger partial charge in [0.25, 0.3) is 0 Å². The number of alkyl halides is 3. The minimum absolute atomic E-state index is 0.0566. The summed E-state index contributed by atoms with van der Waals surface area (Å²) in [6.07, 6.45) is 0.418. The van der Waals surface area contributed by atoms with Crippen molar-refractivity contribution in [2.45, 2.75) is 37.9 Å². The fraction of sp³-hybridized carbons (Fsp3) is 0.400. The van der Waals surface area contributed by atoms with Gasteiger partial charge >= 0.3 is 6.18 Å². The van der Waals surface area contributed by atoms with E-state index in [2.05, 4.69) is 15.4 Å². The van der Waals surface area contributed by atoms with Gasteiger partial charge in [-0.2, -0.15) is 18.3 Å². The molecule has 0 atom stereocenters. The van der Waals surface area contributed by atoms with Gasteiger partial charge in [-0.15, -0.1) is 0 Å². The van der Waals surface area contributed by atoms with E-state index in [4.69, 9.17) is 0 Å². The molecule has 1 amide bonds. The maximum absolute atomic E-state index is 12.8. The minimum Gasteiger partial charge on any atom is -0.326 e. The van der Waals surface area contributed by atoms with Crippen LogP contribution in [0, 0.1) is 0 Å². The van der Waals surface area contributed by atoms with Crippen LogP contribution < -0.4 is 5.32 Å². The molecular weight excluding hydrogens is 309 g/mol. The van der Waals surface area contributed by atoms with Gasteiger partial charge in [-0.05, 0) is 31.0 Å². The summed E-state index contributed by atoms with van der Waals surface area (Å²) in [4.78, 5) is 15.7. The van der Waals surface area contributed by atoms with E-state index in [1.807, 2.05) is 0 Å². The molecule has 1 aliphatic rings. The molecule has 5 nitrogen and oxygen atoms in total. The Kier molecular flexibility index (Phi) is 4.06. The van der Waals surface area contributed by atoms with Gasteiger partial charge in [0, 0.05) is 42.7 Å². The second-order valence-electron chi connectivity index (χ2n) is 5.48. The van der Waals surface area contributed by atoms with Crippen LogP contribution in [0.1, 0.15) is 36.6 Å². The third-order valence-corrected chi connectivity index (χ3v) is 3.61. The quantitative estimate of drug-likeness (QED) is 0.919.